The lowest BCUT2D eigenvalue weighted by Gasteiger charge is -2.03. The standard InChI is InChI=1S/C11H11N3O3/c12-11(15)5-7-13-6-4-8-9(13)2-1-3-10(8)14(16)17/h1-4,6H,5,7H2,(H2,12,15). The molecule has 2 rings (SSSR count). The number of aryl methyl sites for hydroxylation is 1. The molecular formula is C11H11N3O3. The lowest BCUT2D eigenvalue weighted by Crippen LogP contribution is -2.13. The van der Waals surface area contributed by atoms with E-state index in [1.54, 1.807) is 29.0 Å². The van der Waals surface area contributed by atoms with Crippen LogP contribution in [0.25, 0.3) is 10.9 Å². The summed E-state index contributed by atoms with van der Waals surface area (Å²) in [5.74, 6) is -0.391. The van der Waals surface area contributed by atoms with Crippen LogP contribution in [0, 0.1) is 10.1 Å². The Balaban J connectivity index is 2.44. The normalized spacial score (nSPS) is 10.6. The molecule has 1 amide bonds. The Bertz CT molecular complexity index is 589. The van der Waals surface area contributed by atoms with Crippen molar-refractivity contribution in [1.82, 2.24) is 4.57 Å². The average molecular weight is 233 g/mol. The van der Waals surface area contributed by atoms with Crippen molar-refractivity contribution in [2.24, 2.45) is 5.73 Å². The molecule has 6 heteroatoms. The van der Waals surface area contributed by atoms with Crippen LogP contribution >= 0.6 is 0 Å². The van der Waals surface area contributed by atoms with Crippen molar-refractivity contribution in [1.29, 1.82) is 0 Å². The molecular weight excluding hydrogens is 222 g/mol. The summed E-state index contributed by atoms with van der Waals surface area (Å²) in [6.45, 7) is 0.431. The number of primary amides is 1. The Morgan fingerprint density at radius 1 is 1.41 bits per heavy atom. The molecule has 1 heterocycles. The van der Waals surface area contributed by atoms with Gasteiger partial charge in [0.05, 0.1) is 15.8 Å². The maximum Gasteiger partial charge on any atom is 0.278 e. The highest BCUT2D eigenvalue weighted by Gasteiger charge is 2.13. The van der Waals surface area contributed by atoms with Crippen LogP contribution in [0.4, 0.5) is 5.69 Å². The number of carbonyl (C=O) groups is 1. The Morgan fingerprint density at radius 2 is 2.18 bits per heavy atom. The summed E-state index contributed by atoms with van der Waals surface area (Å²) in [4.78, 5) is 21.1. The molecule has 17 heavy (non-hydrogen) atoms. The van der Waals surface area contributed by atoms with Crippen LogP contribution < -0.4 is 5.73 Å². The smallest absolute Gasteiger partial charge is 0.278 e. The van der Waals surface area contributed by atoms with Gasteiger partial charge in [0.15, 0.2) is 0 Å². The molecule has 0 aliphatic carbocycles. The number of nitrogens with two attached hydrogens (primary N) is 1. The van der Waals surface area contributed by atoms with Crippen LogP contribution in [0.2, 0.25) is 0 Å². The molecule has 1 aromatic carbocycles. The highest BCUT2D eigenvalue weighted by atomic mass is 16.6. The molecule has 2 aromatic rings. The minimum absolute atomic E-state index is 0.0697. The third kappa shape index (κ3) is 2.10. The van der Waals surface area contributed by atoms with Crippen molar-refractivity contribution in [3.05, 3.63) is 40.6 Å². The van der Waals surface area contributed by atoms with Gasteiger partial charge in [-0.05, 0) is 12.1 Å². The molecule has 0 bridgehead atoms. The van der Waals surface area contributed by atoms with E-state index in [9.17, 15) is 14.9 Å². The predicted octanol–water partition coefficient (Wildman–Crippen LogP) is 1.42. The summed E-state index contributed by atoms with van der Waals surface area (Å²) in [6, 6.07) is 6.54. The minimum Gasteiger partial charge on any atom is -0.370 e. The van der Waals surface area contributed by atoms with Crippen LogP contribution in [0.15, 0.2) is 30.5 Å². The Hall–Kier alpha value is -2.37. The number of amides is 1. The second kappa shape index (κ2) is 4.25. The molecule has 0 saturated heterocycles. The number of carbonyl (C=O) groups excluding carboxylic acids is 1. The van der Waals surface area contributed by atoms with Gasteiger partial charge in [0.25, 0.3) is 5.69 Å². The second-order valence-electron chi connectivity index (χ2n) is 3.69. The summed E-state index contributed by atoms with van der Waals surface area (Å²) in [7, 11) is 0. The average Bonchev–Trinajstić information content (AvgIpc) is 2.68. The molecule has 0 atom stereocenters. The lowest BCUT2D eigenvalue weighted by molar-refractivity contribution is -0.383. The summed E-state index contributed by atoms with van der Waals surface area (Å²) < 4.78 is 1.78. The summed E-state index contributed by atoms with van der Waals surface area (Å²) in [5.41, 5.74) is 5.88. The zero-order valence-electron chi connectivity index (χ0n) is 9.00. The zero-order valence-corrected chi connectivity index (χ0v) is 9.00. The first kappa shape index (κ1) is 11.1. The number of aromatic nitrogens is 1. The molecule has 0 aliphatic rings. The van der Waals surface area contributed by atoms with Gasteiger partial charge in [-0.1, -0.05) is 6.07 Å². The topological polar surface area (TPSA) is 91.2 Å². The number of hydrogen-bond donors (Lipinski definition) is 1. The van der Waals surface area contributed by atoms with Gasteiger partial charge in [0.2, 0.25) is 5.91 Å². The minimum atomic E-state index is -0.416. The number of nitro benzene ring substituents is 1. The van der Waals surface area contributed by atoms with Gasteiger partial charge >= 0.3 is 0 Å². The van der Waals surface area contributed by atoms with Crippen molar-refractivity contribution in [3.63, 3.8) is 0 Å². The van der Waals surface area contributed by atoms with Gasteiger partial charge in [-0.3, -0.25) is 14.9 Å². The van der Waals surface area contributed by atoms with Gasteiger partial charge in [-0.15, -0.1) is 0 Å². The Morgan fingerprint density at radius 3 is 2.82 bits per heavy atom. The van der Waals surface area contributed by atoms with E-state index in [1.807, 2.05) is 0 Å². The molecule has 0 fully saturated rings. The van der Waals surface area contributed by atoms with E-state index in [-0.39, 0.29) is 12.1 Å². The SMILES string of the molecule is NC(=O)CCn1ccc2c([N+](=O)[O-])cccc21. The predicted molar refractivity (Wildman–Crippen MR) is 62.4 cm³/mol. The van der Waals surface area contributed by atoms with Crippen molar-refractivity contribution in [3.8, 4) is 0 Å². The highest BCUT2D eigenvalue weighted by Crippen LogP contribution is 2.26. The molecule has 0 saturated carbocycles. The van der Waals surface area contributed by atoms with Crippen LogP contribution in [-0.4, -0.2) is 15.4 Å². The fraction of sp³-hybridized carbons (Fsp3) is 0.182. The zero-order chi connectivity index (χ0) is 12.4. The lowest BCUT2D eigenvalue weighted by atomic mass is 10.2. The van der Waals surface area contributed by atoms with Gasteiger partial charge in [0, 0.05) is 25.2 Å². The van der Waals surface area contributed by atoms with Gasteiger partial charge in [0.1, 0.15) is 0 Å². The molecule has 1 aromatic heterocycles. The highest BCUT2D eigenvalue weighted by molar-refractivity contribution is 5.89. The number of hydrogen-bond acceptors (Lipinski definition) is 3. The van der Waals surface area contributed by atoms with Crippen molar-refractivity contribution in [2.75, 3.05) is 0 Å². The molecule has 6 nitrogen and oxygen atoms in total. The van der Waals surface area contributed by atoms with Gasteiger partial charge < -0.3 is 10.3 Å². The summed E-state index contributed by atoms with van der Waals surface area (Å²) in [5, 5.41) is 11.4. The van der Waals surface area contributed by atoms with E-state index in [0.29, 0.717) is 11.9 Å². The first-order valence-electron chi connectivity index (χ1n) is 5.10. The largest absolute Gasteiger partial charge is 0.370 e. The molecule has 0 spiro atoms. The number of benzene rings is 1. The van der Waals surface area contributed by atoms with E-state index in [1.165, 1.54) is 6.07 Å². The van der Waals surface area contributed by atoms with Gasteiger partial charge in [-0.25, -0.2) is 0 Å². The fourth-order valence-corrected chi connectivity index (χ4v) is 1.79. The quantitative estimate of drug-likeness (QED) is 0.639. The molecule has 0 radical (unpaired) electrons. The van der Waals surface area contributed by atoms with Gasteiger partial charge in [-0.2, -0.15) is 0 Å². The molecule has 88 valence electrons. The second-order valence-corrected chi connectivity index (χ2v) is 3.69. The number of non-ortho nitro benzene ring substituents is 1. The van der Waals surface area contributed by atoms with E-state index in [2.05, 4.69) is 0 Å². The van der Waals surface area contributed by atoms with Crippen LogP contribution in [-0.2, 0) is 11.3 Å². The first-order valence-corrected chi connectivity index (χ1v) is 5.10. The molecule has 0 unspecified atom stereocenters. The number of nitrogens with zero attached hydrogens (tertiary/aromatic N) is 2. The van der Waals surface area contributed by atoms with Crippen LogP contribution in [0.1, 0.15) is 6.42 Å². The maximum absolute atomic E-state index is 10.8. The molecule has 2 N–H and O–H groups in total. The van der Waals surface area contributed by atoms with Crippen LogP contribution in [0.3, 0.4) is 0 Å². The maximum atomic E-state index is 10.8. The molecule has 0 aliphatic heterocycles. The number of rotatable bonds is 4. The van der Waals surface area contributed by atoms with E-state index < -0.39 is 10.8 Å². The Kier molecular flexibility index (Phi) is 2.78. The number of nitro groups is 1. The van der Waals surface area contributed by atoms with Crippen molar-refractivity contribution < 1.29 is 9.72 Å². The van der Waals surface area contributed by atoms with Crippen molar-refractivity contribution >= 4 is 22.5 Å². The van der Waals surface area contributed by atoms with E-state index in [4.69, 9.17) is 5.73 Å². The third-order valence-electron chi connectivity index (χ3n) is 2.59. The van der Waals surface area contributed by atoms with E-state index in [0.717, 1.165) is 5.52 Å². The van der Waals surface area contributed by atoms with E-state index >= 15 is 0 Å². The van der Waals surface area contributed by atoms with Crippen molar-refractivity contribution in [2.45, 2.75) is 13.0 Å². The van der Waals surface area contributed by atoms with Crippen LogP contribution in [0.5, 0.6) is 0 Å². The fourth-order valence-electron chi connectivity index (χ4n) is 1.79. The summed E-state index contributed by atoms with van der Waals surface area (Å²) >= 11 is 0. The Labute approximate surface area is 96.8 Å². The number of fused-ring (bicyclic) bond motifs is 1. The first-order chi connectivity index (χ1) is 8.09. The summed E-state index contributed by atoms with van der Waals surface area (Å²) in [6.07, 6.45) is 1.94. The third-order valence-corrected chi connectivity index (χ3v) is 2.59. The monoisotopic (exact) mass is 233 g/mol.